The van der Waals surface area contributed by atoms with Crippen molar-refractivity contribution in [3.63, 3.8) is 0 Å². The third-order valence-corrected chi connectivity index (χ3v) is 1.51. The van der Waals surface area contributed by atoms with Crippen LogP contribution in [0.3, 0.4) is 0 Å². The molecule has 0 saturated heterocycles. The predicted molar refractivity (Wildman–Crippen MR) is 63.3 cm³/mol. The third-order valence-electron chi connectivity index (χ3n) is 1.51. The molecule has 0 bridgehead atoms. The summed E-state index contributed by atoms with van der Waals surface area (Å²) in [6.45, 7) is 5.49. The Bertz CT molecular complexity index is 376. The van der Waals surface area contributed by atoms with Crippen LogP contribution in [0.5, 0.6) is 0 Å². The van der Waals surface area contributed by atoms with Gasteiger partial charge in [0, 0.05) is 6.07 Å². The van der Waals surface area contributed by atoms with E-state index in [0.717, 1.165) is 5.56 Å². The molecular formula is C11H15NO5. The van der Waals surface area contributed by atoms with Gasteiger partial charge in [0.2, 0.25) is 0 Å². The zero-order valence-electron chi connectivity index (χ0n) is 9.91. The Balaban J connectivity index is 0. The number of carbonyl (C=O) groups excluding carboxylic acids is 1. The highest BCUT2D eigenvalue weighted by atomic mass is 16.6. The largest absolute Gasteiger partial charge is 0.483 e. The van der Waals surface area contributed by atoms with E-state index in [-0.39, 0.29) is 17.7 Å². The van der Waals surface area contributed by atoms with Crippen LogP contribution in [0.15, 0.2) is 18.2 Å². The molecular weight excluding hydrogens is 226 g/mol. The summed E-state index contributed by atoms with van der Waals surface area (Å²) in [4.78, 5) is 28.5. The van der Waals surface area contributed by atoms with E-state index < -0.39 is 4.92 Å². The number of benzene rings is 1. The molecule has 0 atom stereocenters. The van der Waals surface area contributed by atoms with E-state index in [9.17, 15) is 14.9 Å². The number of aldehydes is 1. The first-order valence-electron chi connectivity index (χ1n) is 4.85. The van der Waals surface area contributed by atoms with Gasteiger partial charge in [-0.05, 0) is 18.6 Å². The topological polar surface area (TPSA) is 97.5 Å². The van der Waals surface area contributed by atoms with Gasteiger partial charge in [-0.1, -0.05) is 19.9 Å². The molecule has 1 aromatic carbocycles. The number of nitro benzene ring substituents is 1. The highest BCUT2D eigenvalue weighted by Crippen LogP contribution is 2.17. The molecule has 0 aliphatic carbocycles. The molecule has 0 aromatic heterocycles. The molecule has 0 fully saturated rings. The number of aryl methyl sites for hydroxylation is 1. The third kappa shape index (κ3) is 6.77. The molecule has 0 saturated carbocycles. The number of hydrogen-bond donors (Lipinski definition) is 1. The van der Waals surface area contributed by atoms with Crippen LogP contribution in [0, 0.1) is 17.0 Å². The molecule has 94 valence electrons. The molecule has 6 nitrogen and oxygen atoms in total. The van der Waals surface area contributed by atoms with Gasteiger partial charge in [-0.15, -0.1) is 0 Å². The van der Waals surface area contributed by atoms with Crippen molar-refractivity contribution in [2.24, 2.45) is 0 Å². The summed E-state index contributed by atoms with van der Waals surface area (Å²) in [6.07, 6.45) is 0.484. The van der Waals surface area contributed by atoms with E-state index in [2.05, 4.69) is 0 Å². The predicted octanol–water partition coefficient (Wildman–Crippen LogP) is 2.44. The van der Waals surface area contributed by atoms with Gasteiger partial charge in [-0.25, -0.2) is 0 Å². The number of nitrogens with zero attached hydrogens (tertiary/aromatic N) is 1. The first-order chi connectivity index (χ1) is 8.06. The molecule has 0 aliphatic rings. The normalized spacial score (nSPS) is 7.71. The molecule has 0 radical (unpaired) electrons. The lowest BCUT2D eigenvalue weighted by molar-refractivity contribution is -0.385. The maximum Gasteiger partial charge on any atom is 0.290 e. The summed E-state index contributed by atoms with van der Waals surface area (Å²) < 4.78 is 0. The number of carboxylic acid groups (broad SMARTS) is 1. The number of hydrogen-bond acceptors (Lipinski definition) is 4. The van der Waals surface area contributed by atoms with Gasteiger partial charge in [0.15, 0.2) is 6.29 Å². The van der Waals surface area contributed by atoms with E-state index in [0.29, 0.717) is 6.29 Å². The Morgan fingerprint density at radius 1 is 1.29 bits per heavy atom. The SMILES string of the molecule is CC.Cc1ccc(C=O)c([N+](=O)[O-])c1.O=CO. The van der Waals surface area contributed by atoms with Crippen molar-refractivity contribution in [1.82, 2.24) is 0 Å². The lowest BCUT2D eigenvalue weighted by atomic mass is 10.1. The summed E-state index contributed by atoms with van der Waals surface area (Å²) in [7, 11) is 0. The second-order valence-electron chi connectivity index (χ2n) is 2.54. The molecule has 0 amide bonds. The average Bonchev–Trinajstić information content (AvgIpc) is 2.32. The van der Waals surface area contributed by atoms with E-state index >= 15 is 0 Å². The smallest absolute Gasteiger partial charge is 0.290 e. The minimum absolute atomic E-state index is 0.116. The molecule has 1 rings (SSSR count). The first-order valence-corrected chi connectivity index (χ1v) is 4.85. The number of carbonyl (C=O) groups is 2. The maximum absolute atomic E-state index is 10.4. The molecule has 17 heavy (non-hydrogen) atoms. The Morgan fingerprint density at radius 2 is 1.76 bits per heavy atom. The van der Waals surface area contributed by atoms with Crippen LogP contribution in [-0.2, 0) is 4.79 Å². The lowest BCUT2D eigenvalue weighted by Gasteiger charge is -1.95. The fraction of sp³-hybridized carbons (Fsp3) is 0.273. The standard InChI is InChI=1S/C8H7NO3.C2H6.CH2O2/c1-6-2-3-7(5-10)8(4-6)9(11)12;1-2;2-1-3/h2-5H,1H3;1-2H3;1H,(H,2,3). The monoisotopic (exact) mass is 241 g/mol. The van der Waals surface area contributed by atoms with Crippen molar-refractivity contribution in [3.05, 3.63) is 39.4 Å². The second-order valence-corrected chi connectivity index (χ2v) is 2.54. The highest BCUT2D eigenvalue weighted by Gasteiger charge is 2.11. The van der Waals surface area contributed by atoms with Gasteiger partial charge in [-0.3, -0.25) is 19.7 Å². The van der Waals surface area contributed by atoms with Crippen LogP contribution in [0.25, 0.3) is 0 Å². The average molecular weight is 241 g/mol. The van der Waals surface area contributed by atoms with E-state index in [4.69, 9.17) is 9.90 Å². The van der Waals surface area contributed by atoms with Crippen molar-refractivity contribution in [2.45, 2.75) is 20.8 Å². The zero-order chi connectivity index (χ0) is 13.8. The van der Waals surface area contributed by atoms with Crippen molar-refractivity contribution in [3.8, 4) is 0 Å². The molecule has 0 spiro atoms. The summed E-state index contributed by atoms with van der Waals surface area (Å²) in [5.41, 5.74) is 0.753. The minimum Gasteiger partial charge on any atom is -0.483 e. The first kappa shape index (κ1) is 17.2. The molecule has 1 aromatic rings. The number of rotatable bonds is 2. The summed E-state index contributed by atoms with van der Waals surface area (Å²) in [5.74, 6) is 0. The van der Waals surface area contributed by atoms with Crippen LogP contribution < -0.4 is 0 Å². The summed E-state index contributed by atoms with van der Waals surface area (Å²) in [5, 5.41) is 17.3. The Labute approximate surface area is 99.0 Å². The van der Waals surface area contributed by atoms with Gasteiger partial charge in [0.25, 0.3) is 12.2 Å². The van der Waals surface area contributed by atoms with E-state index in [1.165, 1.54) is 12.1 Å². The number of nitro groups is 1. The summed E-state index contributed by atoms with van der Waals surface area (Å²) >= 11 is 0. The van der Waals surface area contributed by atoms with Crippen LogP contribution in [0.2, 0.25) is 0 Å². The van der Waals surface area contributed by atoms with Crippen LogP contribution in [0.4, 0.5) is 5.69 Å². The molecule has 6 heteroatoms. The summed E-state index contributed by atoms with van der Waals surface area (Å²) in [6, 6.07) is 4.49. The lowest BCUT2D eigenvalue weighted by Crippen LogP contribution is -1.94. The van der Waals surface area contributed by atoms with Crippen molar-refractivity contribution >= 4 is 18.4 Å². The maximum atomic E-state index is 10.4. The van der Waals surface area contributed by atoms with Crippen LogP contribution >= 0.6 is 0 Å². The molecule has 0 unspecified atom stereocenters. The molecule has 0 heterocycles. The fourth-order valence-electron chi connectivity index (χ4n) is 0.911. The Morgan fingerprint density at radius 3 is 2.12 bits per heavy atom. The Kier molecular flexibility index (Phi) is 10.4. The van der Waals surface area contributed by atoms with Gasteiger partial charge in [-0.2, -0.15) is 0 Å². The van der Waals surface area contributed by atoms with Gasteiger partial charge in [0.1, 0.15) is 0 Å². The van der Waals surface area contributed by atoms with Crippen LogP contribution in [0.1, 0.15) is 29.8 Å². The van der Waals surface area contributed by atoms with Gasteiger partial charge >= 0.3 is 0 Å². The Hall–Kier alpha value is -2.24. The molecule has 1 N–H and O–H groups in total. The van der Waals surface area contributed by atoms with Crippen molar-refractivity contribution in [1.29, 1.82) is 0 Å². The van der Waals surface area contributed by atoms with E-state index in [1.807, 2.05) is 13.8 Å². The van der Waals surface area contributed by atoms with Gasteiger partial charge < -0.3 is 5.11 Å². The van der Waals surface area contributed by atoms with Crippen molar-refractivity contribution in [2.75, 3.05) is 0 Å². The van der Waals surface area contributed by atoms with Gasteiger partial charge in [0.05, 0.1) is 10.5 Å². The minimum atomic E-state index is -0.559. The second kappa shape index (κ2) is 10.3. The van der Waals surface area contributed by atoms with E-state index in [1.54, 1.807) is 13.0 Å². The molecule has 0 aliphatic heterocycles. The zero-order valence-corrected chi connectivity index (χ0v) is 9.91. The quantitative estimate of drug-likeness (QED) is 0.487. The van der Waals surface area contributed by atoms with Crippen molar-refractivity contribution < 1.29 is 19.6 Å². The fourth-order valence-corrected chi connectivity index (χ4v) is 0.911. The van der Waals surface area contributed by atoms with Crippen LogP contribution in [-0.4, -0.2) is 22.8 Å². The highest BCUT2D eigenvalue weighted by molar-refractivity contribution is 5.81.